The van der Waals surface area contributed by atoms with Crippen LogP contribution in [0.5, 0.6) is 0 Å². The van der Waals surface area contributed by atoms with E-state index in [0.717, 1.165) is 11.5 Å². The summed E-state index contributed by atoms with van der Waals surface area (Å²) in [6.07, 6.45) is 0.847. The van der Waals surface area contributed by atoms with Gasteiger partial charge in [0.05, 0.1) is 19.3 Å². The molecule has 0 bridgehead atoms. The van der Waals surface area contributed by atoms with Gasteiger partial charge in [-0.15, -0.1) is 5.10 Å². The molecule has 0 aromatic carbocycles. The number of carbonyl (C=O) groups is 1. The average Bonchev–Trinajstić information content (AvgIpc) is 2.91. The highest BCUT2D eigenvalue weighted by atomic mass is 32.1. The molecule has 1 aromatic heterocycles. The number of nitrogens with two attached hydrogens (primary N) is 1. The van der Waals surface area contributed by atoms with Crippen LogP contribution in [-0.2, 0) is 4.74 Å². The highest BCUT2D eigenvalue weighted by Gasteiger charge is 2.28. The minimum atomic E-state index is -0.571. The molecule has 0 aliphatic carbocycles. The monoisotopic (exact) mass is 257 g/mol. The van der Waals surface area contributed by atoms with Gasteiger partial charge in [0, 0.05) is 6.54 Å². The largest absolute Gasteiger partial charge is 0.409 e. The Hall–Kier alpha value is -1.74. The van der Waals surface area contributed by atoms with E-state index in [9.17, 15) is 4.79 Å². The summed E-state index contributed by atoms with van der Waals surface area (Å²) >= 11 is 1.04. The van der Waals surface area contributed by atoms with Crippen molar-refractivity contribution in [1.29, 1.82) is 0 Å². The molecule has 1 fully saturated rings. The Bertz CT molecular complexity index is 421. The minimum absolute atomic E-state index is 0.0371. The average molecular weight is 257 g/mol. The van der Waals surface area contributed by atoms with Crippen LogP contribution in [0.4, 0.5) is 0 Å². The SMILES string of the molecule is NC(=NO)C1CN(C(=O)c2cnns2)CCO1. The van der Waals surface area contributed by atoms with Crippen molar-refractivity contribution in [3.05, 3.63) is 11.1 Å². The van der Waals surface area contributed by atoms with Gasteiger partial charge in [-0.3, -0.25) is 4.79 Å². The van der Waals surface area contributed by atoms with E-state index in [-0.39, 0.29) is 18.3 Å². The first kappa shape index (κ1) is 11.7. The third kappa shape index (κ3) is 2.50. The topological polar surface area (TPSA) is 114 Å². The van der Waals surface area contributed by atoms with Crippen LogP contribution in [0.15, 0.2) is 11.4 Å². The van der Waals surface area contributed by atoms with Gasteiger partial charge in [-0.25, -0.2) is 0 Å². The van der Waals surface area contributed by atoms with Gasteiger partial charge < -0.3 is 20.6 Å². The summed E-state index contributed by atoms with van der Waals surface area (Å²) in [4.78, 5) is 14.0. The van der Waals surface area contributed by atoms with Gasteiger partial charge in [0.2, 0.25) is 0 Å². The number of amidine groups is 1. The quantitative estimate of drug-likeness (QED) is 0.308. The molecule has 9 heteroatoms. The lowest BCUT2D eigenvalue weighted by Crippen LogP contribution is -2.50. The molecule has 3 N–H and O–H groups in total. The number of hydrogen-bond acceptors (Lipinski definition) is 7. The molecule has 0 radical (unpaired) electrons. The minimum Gasteiger partial charge on any atom is -0.409 e. The summed E-state index contributed by atoms with van der Waals surface area (Å²) in [6, 6.07) is 0. The van der Waals surface area contributed by atoms with Gasteiger partial charge in [-0.05, 0) is 11.5 Å². The molecule has 2 heterocycles. The van der Waals surface area contributed by atoms with Gasteiger partial charge in [0.1, 0.15) is 11.0 Å². The lowest BCUT2D eigenvalue weighted by molar-refractivity contribution is 0.00698. The number of oxime groups is 1. The van der Waals surface area contributed by atoms with Crippen LogP contribution in [0.2, 0.25) is 0 Å². The molecule has 0 spiro atoms. The van der Waals surface area contributed by atoms with E-state index in [1.165, 1.54) is 6.20 Å². The lowest BCUT2D eigenvalue weighted by Gasteiger charge is -2.31. The number of morpholine rings is 1. The fraction of sp³-hybridized carbons (Fsp3) is 0.500. The molecule has 1 aromatic rings. The van der Waals surface area contributed by atoms with Crippen LogP contribution in [0, 0.1) is 0 Å². The number of ether oxygens (including phenoxy) is 1. The van der Waals surface area contributed by atoms with Crippen molar-refractivity contribution >= 4 is 23.3 Å². The summed E-state index contributed by atoms with van der Waals surface area (Å²) in [6.45, 7) is 1.07. The first-order valence-corrected chi connectivity index (χ1v) is 5.65. The standard InChI is InChI=1S/C8H11N5O3S/c9-7(11-15)5-4-13(1-2-16-5)8(14)6-3-10-12-17-6/h3,5,15H,1-2,4H2,(H2,9,11). The van der Waals surface area contributed by atoms with Crippen LogP contribution in [0.25, 0.3) is 0 Å². The van der Waals surface area contributed by atoms with Gasteiger partial charge >= 0.3 is 0 Å². The van der Waals surface area contributed by atoms with E-state index in [1.54, 1.807) is 4.90 Å². The number of rotatable bonds is 2. The van der Waals surface area contributed by atoms with Gasteiger partial charge in [0.15, 0.2) is 5.84 Å². The van der Waals surface area contributed by atoms with Crippen molar-refractivity contribution in [1.82, 2.24) is 14.5 Å². The van der Waals surface area contributed by atoms with Crippen molar-refractivity contribution in [2.75, 3.05) is 19.7 Å². The zero-order valence-electron chi connectivity index (χ0n) is 8.81. The maximum absolute atomic E-state index is 12.0. The number of amides is 1. The number of hydrogen-bond donors (Lipinski definition) is 2. The summed E-state index contributed by atoms with van der Waals surface area (Å²) in [7, 11) is 0. The van der Waals surface area contributed by atoms with E-state index in [2.05, 4.69) is 14.7 Å². The highest BCUT2D eigenvalue weighted by molar-refractivity contribution is 7.07. The van der Waals surface area contributed by atoms with E-state index in [1.807, 2.05) is 0 Å². The summed E-state index contributed by atoms with van der Waals surface area (Å²) in [5, 5.41) is 15.0. The van der Waals surface area contributed by atoms with Crippen molar-refractivity contribution in [2.45, 2.75) is 6.10 Å². The first-order chi connectivity index (χ1) is 8.22. The maximum atomic E-state index is 12.0. The predicted octanol–water partition coefficient (Wildman–Crippen LogP) is -0.875. The third-order valence-corrected chi connectivity index (χ3v) is 3.02. The fourth-order valence-electron chi connectivity index (χ4n) is 1.49. The molecule has 17 heavy (non-hydrogen) atoms. The smallest absolute Gasteiger partial charge is 0.267 e. The maximum Gasteiger partial charge on any atom is 0.267 e. The normalized spacial score (nSPS) is 21.5. The zero-order chi connectivity index (χ0) is 12.3. The van der Waals surface area contributed by atoms with E-state index < -0.39 is 6.10 Å². The molecule has 1 aliphatic heterocycles. The molecule has 1 unspecified atom stereocenters. The van der Waals surface area contributed by atoms with E-state index >= 15 is 0 Å². The van der Waals surface area contributed by atoms with Gasteiger partial charge in [-0.2, -0.15) is 0 Å². The Balaban J connectivity index is 2.05. The molecule has 92 valence electrons. The highest BCUT2D eigenvalue weighted by Crippen LogP contribution is 2.12. The van der Waals surface area contributed by atoms with Crippen LogP contribution in [-0.4, -0.2) is 57.2 Å². The molecular weight excluding hydrogens is 246 g/mol. The summed E-state index contributed by atoms with van der Waals surface area (Å²) in [5.74, 6) is -0.205. The molecule has 1 saturated heterocycles. The molecular formula is C8H11N5O3S. The fourth-order valence-corrected chi connectivity index (χ4v) is 1.98. The second-order valence-corrected chi connectivity index (χ2v) is 4.20. The number of nitrogens with zero attached hydrogens (tertiary/aromatic N) is 4. The Morgan fingerprint density at radius 1 is 1.76 bits per heavy atom. The summed E-state index contributed by atoms with van der Waals surface area (Å²) in [5.41, 5.74) is 5.44. The Labute approximate surface area is 101 Å². The van der Waals surface area contributed by atoms with Crippen LogP contribution in [0.1, 0.15) is 9.67 Å². The van der Waals surface area contributed by atoms with Crippen LogP contribution in [0.3, 0.4) is 0 Å². The predicted molar refractivity (Wildman–Crippen MR) is 59.0 cm³/mol. The van der Waals surface area contributed by atoms with Crippen LogP contribution < -0.4 is 5.73 Å². The van der Waals surface area contributed by atoms with Crippen molar-refractivity contribution in [3.63, 3.8) is 0 Å². The first-order valence-electron chi connectivity index (χ1n) is 4.88. The second-order valence-electron chi connectivity index (χ2n) is 3.42. The molecule has 0 saturated carbocycles. The van der Waals surface area contributed by atoms with E-state index in [0.29, 0.717) is 18.0 Å². The van der Waals surface area contributed by atoms with Crippen molar-refractivity contribution in [3.8, 4) is 0 Å². The van der Waals surface area contributed by atoms with E-state index in [4.69, 9.17) is 15.7 Å². The zero-order valence-corrected chi connectivity index (χ0v) is 9.63. The molecule has 8 nitrogen and oxygen atoms in total. The number of aromatic nitrogens is 2. The van der Waals surface area contributed by atoms with Crippen molar-refractivity contribution < 1.29 is 14.7 Å². The Kier molecular flexibility index (Phi) is 3.49. The second kappa shape index (κ2) is 5.06. The molecule has 1 atom stereocenters. The Morgan fingerprint density at radius 2 is 2.59 bits per heavy atom. The Morgan fingerprint density at radius 3 is 3.24 bits per heavy atom. The molecule has 2 rings (SSSR count). The van der Waals surface area contributed by atoms with Crippen LogP contribution >= 0.6 is 11.5 Å². The molecule has 1 amide bonds. The lowest BCUT2D eigenvalue weighted by atomic mass is 10.2. The summed E-state index contributed by atoms with van der Waals surface area (Å²) < 4.78 is 8.92. The van der Waals surface area contributed by atoms with Gasteiger partial charge in [-0.1, -0.05) is 9.64 Å². The van der Waals surface area contributed by atoms with Gasteiger partial charge in [0.25, 0.3) is 5.91 Å². The third-order valence-electron chi connectivity index (χ3n) is 2.37. The van der Waals surface area contributed by atoms with Crippen molar-refractivity contribution in [2.24, 2.45) is 10.9 Å². The molecule has 1 aliphatic rings. The number of carbonyl (C=O) groups excluding carboxylic acids is 1.